The van der Waals surface area contributed by atoms with Gasteiger partial charge in [0.15, 0.2) is 0 Å². The Hall–Kier alpha value is -2.02. The summed E-state index contributed by atoms with van der Waals surface area (Å²) >= 11 is 0. The molecule has 23 heavy (non-hydrogen) atoms. The van der Waals surface area contributed by atoms with Gasteiger partial charge in [-0.1, -0.05) is 67.8 Å². The minimum Gasteiger partial charge on any atom is -0.358 e. The van der Waals surface area contributed by atoms with Crippen LogP contribution < -0.4 is 0 Å². The molecule has 1 heteroatoms. The van der Waals surface area contributed by atoms with Crippen LogP contribution in [0, 0.1) is 0 Å². The second kappa shape index (κ2) is 4.99. The minimum atomic E-state index is 0.410. The number of aromatic nitrogens is 1. The summed E-state index contributed by atoms with van der Waals surface area (Å²) < 4.78 is 0. The van der Waals surface area contributed by atoms with Gasteiger partial charge in [0.1, 0.15) is 0 Å². The Bertz CT molecular complexity index is 837. The predicted molar refractivity (Wildman–Crippen MR) is 96.0 cm³/mol. The predicted octanol–water partition coefficient (Wildman–Crippen LogP) is 5.91. The van der Waals surface area contributed by atoms with Crippen LogP contribution >= 0.6 is 0 Å². The van der Waals surface area contributed by atoms with Gasteiger partial charge in [-0.2, -0.15) is 0 Å². The van der Waals surface area contributed by atoms with Crippen LogP contribution in [0.3, 0.4) is 0 Å². The van der Waals surface area contributed by atoms with Crippen molar-refractivity contribution in [1.82, 2.24) is 4.98 Å². The van der Waals surface area contributed by atoms with Crippen LogP contribution in [0.15, 0.2) is 54.6 Å². The number of aromatic amines is 1. The van der Waals surface area contributed by atoms with Gasteiger partial charge in [-0.25, -0.2) is 0 Å². The Labute approximate surface area is 137 Å². The first kappa shape index (κ1) is 13.4. The van der Waals surface area contributed by atoms with Gasteiger partial charge in [-0.3, -0.25) is 0 Å². The van der Waals surface area contributed by atoms with E-state index in [1.165, 1.54) is 60.7 Å². The molecule has 1 aromatic heterocycles. The van der Waals surface area contributed by atoms with Crippen molar-refractivity contribution in [2.24, 2.45) is 0 Å². The molecular formula is C22H23N. The zero-order valence-corrected chi connectivity index (χ0v) is 13.5. The van der Waals surface area contributed by atoms with E-state index in [1.807, 2.05) is 0 Å². The minimum absolute atomic E-state index is 0.410. The fourth-order valence-corrected chi connectivity index (χ4v) is 5.24. The van der Waals surface area contributed by atoms with Gasteiger partial charge >= 0.3 is 0 Å². The number of nitrogens with one attached hydrogen (secondary N) is 1. The summed E-state index contributed by atoms with van der Waals surface area (Å²) in [5.41, 5.74) is 6.36. The van der Waals surface area contributed by atoms with Crippen molar-refractivity contribution < 1.29 is 0 Å². The molecule has 0 aliphatic heterocycles. The van der Waals surface area contributed by atoms with E-state index in [2.05, 4.69) is 59.6 Å². The molecule has 1 atom stereocenters. The molecule has 116 valence electrons. The van der Waals surface area contributed by atoms with Crippen molar-refractivity contribution in [1.29, 1.82) is 0 Å². The lowest BCUT2D eigenvalue weighted by Gasteiger charge is -2.35. The van der Waals surface area contributed by atoms with Gasteiger partial charge in [-0.15, -0.1) is 0 Å². The topological polar surface area (TPSA) is 15.8 Å². The molecule has 0 bridgehead atoms. The van der Waals surface area contributed by atoms with Crippen molar-refractivity contribution in [2.45, 2.75) is 49.9 Å². The summed E-state index contributed by atoms with van der Waals surface area (Å²) in [4.78, 5) is 3.80. The zero-order valence-electron chi connectivity index (χ0n) is 13.5. The third kappa shape index (κ3) is 1.92. The highest BCUT2D eigenvalue weighted by atomic mass is 14.8. The number of hydrogen-bond donors (Lipinski definition) is 1. The smallest absolute Gasteiger partial charge is 0.0459 e. The first-order chi connectivity index (χ1) is 11.4. The van der Waals surface area contributed by atoms with Crippen LogP contribution in [0.5, 0.6) is 0 Å². The Balaban J connectivity index is 1.74. The highest BCUT2D eigenvalue weighted by Gasteiger charge is 2.46. The number of fused-ring (bicyclic) bond motifs is 4. The van der Waals surface area contributed by atoms with Crippen molar-refractivity contribution in [3.63, 3.8) is 0 Å². The van der Waals surface area contributed by atoms with Crippen LogP contribution in [-0.4, -0.2) is 4.98 Å². The van der Waals surface area contributed by atoms with Crippen molar-refractivity contribution >= 4 is 10.9 Å². The second-order valence-electron chi connectivity index (χ2n) is 7.47. The van der Waals surface area contributed by atoms with E-state index in [1.54, 1.807) is 5.56 Å². The molecule has 1 nitrogen and oxygen atoms in total. The SMILES string of the molecule is c1ccc(C2CC3(CCCCC3)c3c2[nH]c2ccccc32)cc1. The van der Waals surface area contributed by atoms with E-state index < -0.39 is 0 Å². The Morgan fingerprint density at radius 3 is 2.39 bits per heavy atom. The highest BCUT2D eigenvalue weighted by molar-refractivity contribution is 5.87. The maximum Gasteiger partial charge on any atom is 0.0459 e. The molecule has 2 aromatic carbocycles. The van der Waals surface area contributed by atoms with E-state index in [9.17, 15) is 0 Å². The lowest BCUT2D eigenvalue weighted by atomic mass is 9.69. The molecule has 1 unspecified atom stereocenters. The lowest BCUT2D eigenvalue weighted by Crippen LogP contribution is -2.26. The fourth-order valence-electron chi connectivity index (χ4n) is 5.24. The number of para-hydroxylation sites is 1. The van der Waals surface area contributed by atoms with Gasteiger partial charge < -0.3 is 4.98 Å². The number of H-pyrrole nitrogens is 1. The summed E-state index contributed by atoms with van der Waals surface area (Å²) in [6.45, 7) is 0. The molecule has 5 rings (SSSR count). The molecule has 3 aromatic rings. The van der Waals surface area contributed by atoms with Crippen LogP contribution in [0.4, 0.5) is 0 Å². The maximum absolute atomic E-state index is 3.80. The van der Waals surface area contributed by atoms with Crippen LogP contribution in [0.1, 0.15) is 61.3 Å². The third-order valence-corrected chi connectivity index (χ3v) is 6.22. The highest BCUT2D eigenvalue weighted by Crippen LogP contribution is 2.57. The second-order valence-corrected chi connectivity index (χ2v) is 7.47. The van der Waals surface area contributed by atoms with Crippen molar-refractivity contribution in [3.05, 3.63) is 71.4 Å². The van der Waals surface area contributed by atoms with E-state index in [-0.39, 0.29) is 0 Å². The molecule has 0 amide bonds. The molecule has 1 heterocycles. The van der Waals surface area contributed by atoms with E-state index in [0.717, 1.165) is 0 Å². The van der Waals surface area contributed by atoms with Gasteiger partial charge in [0.05, 0.1) is 0 Å². The summed E-state index contributed by atoms with van der Waals surface area (Å²) in [7, 11) is 0. The molecular weight excluding hydrogens is 278 g/mol. The largest absolute Gasteiger partial charge is 0.358 e. The lowest BCUT2D eigenvalue weighted by molar-refractivity contribution is 0.287. The first-order valence-corrected chi connectivity index (χ1v) is 9.03. The van der Waals surface area contributed by atoms with Gasteiger partial charge in [0, 0.05) is 22.5 Å². The standard InChI is InChI=1S/C22H23N/c1-3-9-16(10-4-1)18-15-22(13-7-2-8-14-22)20-17-11-5-6-12-19(17)23-21(18)20/h1,3-6,9-12,18,23H,2,7-8,13-15H2. The summed E-state index contributed by atoms with van der Waals surface area (Å²) in [6.07, 6.45) is 8.22. The van der Waals surface area contributed by atoms with Gasteiger partial charge in [-0.05, 0) is 41.9 Å². The molecule has 0 radical (unpaired) electrons. The monoisotopic (exact) mass is 301 g/mol. The van der Waals surface area contributed by atoms with Crippen LogP contribution in [-0.2, 0) is 5.41 Å². The molecule has 2 aliphatic rings. The molecule has 1 N–H and O–H groups in total. The van der Waals surface area contributed by atoms with Crippen LogP contribution in [0.2, 0.25) is 0 Å². The third-order valence-electron chi connectivity index (χ3n) is 6.22. The van der Waals surface area contributed by atoms with Crippen LogP contribution in [0.25, 0.3) is 10.9 Å². The molecule has 0 saturated heterocycles. The number of hydrogen-bond acceptors (Lipinski definition) is 0. The molecule has 1 fully saturated rings. The van der Waals surface area contributed by atoms with E-state index in [4.69, 9.17) is 0 Å². The number of benzene rings is 2. The normalized spacial score (nSPS) is 22.5. The average Bonchev–Trinajstić information content (AvgIpc) is 3.13. The van der Waals surface area contributed by atoms with E-state index >= 15 is 0 Å². The quantitative estimate of drug-likeness (QED) is 0.575. The Morgan fingerprint density at radius 2 is 1.57 bits per heavy atom. The van der Waals surface area contributed by atoms with Crippen molar-refractivity contribution in [3.8, 4) is 0 Å². The summed E-state index contributed by atoms with van der Waals surface area (Å²) in [6, 6.07) is 20.0. The van der Waals surface area contributed by atoms with Gasteiger partial charge in [0.25, 0.3) is 0 Å². The van der Waals surface area contributed by atoms with Gasteiger partial charge in [0.2, 0.25) is 0 Å². The maximum atomic E-state index is 3.80. The van der Waals surface area contributed by atoms with E-state index in [0.29, 0.717) is 11.3 Å². The Kier molecular flexibility index (Phi) is 2.91. The zero-order chi connectivity index (χ0) is 15.3. The van der Waals surface area contributed by atoms with Crippen molar-refractivity contribution in [2.75, 3.05) is 0 Å². The average molecular weight is 301 g/mol. The fraction of sp³-hybridized carbons (Fsp3) is 0.364. The molecule has 2 aliphatic carbocycles. The molecule has 1 spiro atoms. The molecule has 1 saturated carbocycles. The number of rotatable bonds is 1. The first-order valence-electron chi connectivity index (χ1n) is 9.03. The Morgan fingerprint density at radius 1 is 0.826 bits per heavy atom. The summed E-state index contributed by atoms with van der Waals surface area (Å²) in [5.74, 6) is 0.539. The summed E-state index contributed by atoms with van der Waals surface area (Å²) in [5, 5.41) is 1.47.